The monoisotopic (exact) mass is 215 g/mol. The standard InChI is InChI=1S/C12H25NO2/c1-14-10-6-4-2-3-5-7-13-8-11-15-12-9-13/h2-12H2,1H3. The zero-order valence-corrected chi connectivity index (χ0v) is 10.0. The number of hydrogen-bond acceptors (Lipinski definition) is 3. The summed E-state index contributed by atoms with van der Waals surface area (Å²) < 4.78 is 10.3. The molecule has 0 aromatic carbocycles. The second kappa shape index (κ2) is 9.13. The molecular weight excluding hydrogens is 190 g/mol. The van der Waals surface area contributed by atoms with Gasteiger partial charge in [0.1, 0.15) is 0 Å². The fourth-order valence-electron chi connectivity index (χ4n) is 1.94. The third-order valence-corrected chi connectivity index (χ3v) is 2.93. The van der Waals surface area contributed by atoms with Crippen LogP contribution in [0.15, 0.2) is 0 Å². The summed E-state index contributed by atoms with van der Waals surface area (Å²) in [6, 6.07) is 0. The molecule has 3 nitrogen and oxygen atoms in total. The van der Waals surface area contributed by atoms with Gasteiger partial charge in [-0.3, -0.25) is 4.90 Å². The maximum absolute atomic E-state index is 5.32. The summed E-state index contributed by atoms with van der Waals surface area (Å²) >= 11 is 0. The molecule has 0 bridgehead atoms. The number of unbranched alkanes of at least 4 members (excludes halogenated alkanes) is 4. The molecule has 90 valence electrons. The van der Waals surface area contributed by atoms with Crippen LogP contribution in [-0.4, -0.2) is 51.5 Å². The average molecular weight is 215 g/mol. The number of morpholine rings is 1. The van der Waals surface area contributed by atoms with Crippen molar-refractivity contribution in [1.82, 2.24) is 4.90 Å². The smallest absolute Gasteiger partial charge is 0.0594 e. The topological polar surface area (TPSA) is 21.7 Å². The van der Waals surface area contributed by atoms with Gasteiger partial charge in [0.25, 0.3) is 0 Å². The van der Waals surface area contributed by atoms with E-state index in [0.717, 1.165) is 32.9 Å². The summed E-state index contributed by atoms with van der Waals surface area (Å²) in [5.41, 5.74) is 0. The molecule has 3 heteroatoms. The molecule has 1 heterocycles. The lowest BCUT2D eigenvalue weighted by molar-refractivity contribution is 0.0371. The molecule has 0 radical (unpaired) electrons. The predicted molar refractivity (Wildman–Crippen MR) is 62.2 cm³/mol. The largest absolute Gasteiger partial charge is 0.385 e. The van der Waals surface area contributed by atoms with Gasteiger partial charge in [0.2, 0.25) is 0 Å². The van der Waals surface area contributed by atoms with E-state index in [2.05, 4.69) is 4.90 Å². The van der Waals surface area contributed by atoms with E-state index in [4.69, 9.17) is 9.47 Å². The Morgan fingerprint density at radius 1 is 1.00 bits per heavy atom. The Kier molecular flexibility index (Phi) is 7.88. The Bertz CT molecular complexity index is 136. The molecule has 0 N–H and O–H groups in total. The van der Waals surface area contributed by atoms with Crippen molar-refractivity contribution in [3.63, 3.8) is 0 Å². The van der Waals surface area contributed by atoms with Crippen LogP contribution in [0, 0.1) is 0 Å². The summed E-state index contributed by atoms with van der Waals surface area (Å²) in [6.07, 6.45) is 6.59. The quantitative estimate of drug-likeness (QED) is 0.577. The maximum Gasteiger partial charge on any atom is 0.0594 e. The molecule has 0 aromatic rings. The van der Waals surface area contributed by atoms with Crippen LogP contribution in [-0.2, 0) is 9.47 Å². The highest BCUT2D eigenvalue weighted by atomic mass is 16.5. The Morgan fingerprint density at radius 3 is 2.40 bits per heavy atom. The second-order valence-electron chi connectivity index (χ2n) is 4.21. The van der Waals surface area contributed by atoms with Crippen LogP contribution >= 0.6 is 0 Å². The molecule has 0 spiro atoms. The number of methoxy groups -OCH3 is 1. The van der Waals surface area contributed by atoms with Crippen molar-refractivity contribution in [2.45, 2.75) is 32.1 Å². The van der Waals surface area contributed by atoms with E-state index in [0.29, 0.717) is 0 Å². The fourth-order valence-corrected chi connectivity index (χ4v) is 1.94. The molecule has 15 heavy (non-hydrogen) atoms. The first-order chi connectivity index (χ1) is 7.43. The minimum atomic E-state index is 0.920. The highest BCUT2D eigenvalue weighted by Crippen LogP contribution is 2.05. The van der Waals surface area contributed by atoms with Gasteiger partial charge in [-0.2, -0.15) is 0 Å². The van der Waals surface area contributed by atoms with Gasteiger partial charge in [-0.25, -0.2) is 0 Å². The molecule has 0 atom stereocenters. The van der Waals surface area contributed by atoms with Crippen molar-refractivity contribution in [2.24, 2.45) is 0 Å². The van der Waals surface area contributed by atoms with Gasteiger partial charge < -0.3 is 9.47 Å². The maximum atomic E-state index is 5.32. The molecule has 1 saturated heterocycles. The van der Waals surface area contributed by atoms with Crippen molar-refractivity contribution in [2.75, 3.05) is 46.6 Å². The highest BCUT2D eigenvalue weighted by molar-refractivity contribution is 4.61. The minimum Gasteiger partial charge on any atom is -0.385 e. The molecule has 1 aliphatic heterocycles. The Balaban J connectivity index is 1.79. The number of ether oxygens (including phenoxy) is 2. The molecule has 1 rings (SSSR count). The minimum absolute atomic E-state index is 0.920. The molecule has 0 aromatic heterocycles. The third-order valence-electron chi connectivity index (χ3n) is 2.93. The van der Waals surface area contributed by atoms with Gasteiger partial charge in [-0.1, -0.05) is 19.3 Å². The average Bonchev–Trinajstić information content (AvgIpc) is 2.29. The van der Waals surface area contributed by atoms with Crippen molar-refractivity contribution in [1.29, 1.82) is 0 Å². The summed E-state index contributed by atoms with van der Waals surface area (Å²) in [6.45, 7) is 6.28. The van der Waals surface area contributed by atoms with Gasteiger partial charge in [0, 0.05) is 26.8 Å². The van der Waals surface area contributed by atoms with E-state index in [-0.39, 0.29) is 0 Å². The van der Waals surface area contributed by atoms with Crippen LogP contribution in [0.3, 0.4) is 0 Å². The highest BCUT2D eigenvalue weighted by Gasteiger charge is 2.08. The van der Waals surface area contributed by atoms with E-state index in [9.17, 15) is 0 Å². The summed E-state index contributed by atoms with van der Waals surface area (Å²) in [5, 5.41) is 0. The van der Waals surface area contributed by atoms with Gasteiger partial charge in [0.05, 0.1) is 13.2 Å². The summed E-state index contributed by atoms with van der Waals surface area (Å²) in [4.78, 5) is 2.51. The van der Waals surface area contributed by atoms with E-state index in [1.807, 2.05) is 0 Å². The lowest BCUT2D eigenvalue weighted by Crippen LogP contribution is -2.36. The van der Waals surface area contributed by atoms with Crippen LogP contribution in [0.25, 0.3) is 0 Å². The molecule has 0 saturated carbocycles. The van der Waals surface area contributed by atoms with Crippen molar-refractivity contribution in [3.05, 3.63) is 0 Å². The first kappa shape index (κ1) is 12.9. The molecule has 0 unspecified atom stereocenters. The molecule has 1 aliphatic rings. The van der Waals surface area contributed by atoms with Crippen molar-refractivity contribution in [3.8, 4) is 0 Å². The summed E-state index contributed by atoms with van der Waals surface area (Å²) in [5.74, 6) is 0. The van der Waals surface area contributed by atoms with Gasteiger partial charge in [-0.15, -0.1) is 0 Å². The van der Waals surface area contributed by atoms with Crippen LogP contribution in [0.5, 0.6) is 0 Å². The van der Waals surface area contributed by atoms with Crippen LogP contribution in [0.4, 0.5) is 0 Å². The fraction of sp³-hybridized carbons (Fsp3) is 1.00. The molecular formula is C12H25NO2. The van der Waals surface area contributed by atoms with Gasteiger partial charge >= 0.3 is 0 Å². The molecule has 1 fully saturated rings. The number of rotatable bonds is 8. The van der Waals surface area contributed by atoms with E-state index >= 15 is 0 Å². The zero-order valence-electron chi connectivity index (χ0n) is 10.0. The SMILES string of the molecule is COCCCCCCCN1CCOCC1. The Morgan fingerprint density at radius 2 is 1.67 bits per heavy atom. The van der Waals surface area contributed by atoms with Crippen LogP contribution < -0.4 is 0 Å². The lowest BCUT2D eigenvalue weighted by Gasteiger charge is -2.26. The molecule has 0 aliphatic carbocycles. The van der Waals surface area contributed by atoms with Crippen molar-refractivity contribution >= 4 is 0 Å². The van der Waals surface area contributed by atoms with Crippen LogP contribution in [0.2, 0.25) is 0 Å². The van der Waals surface area contributed by atoms with E-state index < -0.39 is 0 Å². The second-order valence-corrected chi connectivity index (χ2v) is 4.21. The number of nitrogens with zero attached hydrogens (tertiary/aromatic N) is 1. The van der Waals surface area contributed by atoms with Gasteiger partial charge in [-0.05, 0) is 19.4 Å². The number of hydrogen-bond donors (Lipinski definition) is 0. The van der Waals surface area contributed by atoms with Gasteiger partial charge in [0.15, 0.2) is 0 Å². The lowest BCUT2D eigenvalue weighted by atomic mass is 10.1. The molecule has 0 amide bonds. The Hall–Kier alpha value is -0.120. The Labute approximate surface area is 93.7 Å². The predicted octanol–water partition coefficient (Wildman–Crippen LogP) is 1.92. The first-order valence-corrected chi connectivity index (χ1v) is 6.22. The zero-order chi connectivity index (χ0) is 10.8. The summed E-state index contributed by atoms with van der Waals surface area (Å²) in [7, 11) is 1.78. The van der Waals surface area contributed by atoms with E-state index in [1.165, 1.54) is 38.6 Å². The third kappa shape index (κ3) is 6.88. The van der Waals surface area contributed by atoms with Crippen molar-refractivity contribution < 1.29 is 9.47 Å². The van der Waals surface area contributed by atoms with Crippen LogP contribution in [0.1, 0.15) is 32.1 Å². The first-order valence-electron chi connectivity index (χ1n) is 6.22. The van der Waals surface area contributed by atoms with E-state index in [1.54, 1.807) is 7.11 Å². The normalized spacial score (nSPS) is 18.2.